The molecule has 0 saturated heterocycles. The average molecular weight is 385 g/mol. The highest BCUT2D eigenvalue weighted by Gasteiger charge is 2.21. The molecule has 0 spiro atoms. The number of hydrogen-bond donors (Lipinski definition) is 0. The fourth-order valence-electron chi connectivity index (χ4n) is 2.26. The zero-order valence-corrected chi connectivity index (χ0v) is 14.4. The van der Waals surface area contributed by atoms with E-state index < -0.39 is 11.9 Å². The van der Waals surface area contributed by atoms with Crippen molar-refractivity contribution in [1.29, 1.82) is 0 Å². The number of rotatable bonds is 3. The number of cyclic esters (lactones) is 1. The van der Waals surface area contributed by atoms with Crippen molar-refractivity contribution in [2.45, 2.75) is 6.92 Å². The summed E-state index contributed by atoms with van der Waals surface area (Å²) in [7, 11) is 0. The lowest BCUT2D eigenvalue weighted by atomic mass is 10.1. The van der Waals surface area contributed by atoms with Crippen LogP contribution in [0.1, 0.15) is 18.1 Å². The van der Waals surface area contributed by atoms with E-state index in [1.165, 1.54) is 6.92 Å². The summed E-state index contributed by atoms with van der Waals surface area (Å²) in [5.41, 5.74) is 2.01. The molecule has 0 fully saturated rings. The van der Waals surface area contributed by atoms with Gasteiger partial charge in [-0.05, 0) is 42.0 Å². The van der Waals surface area contributed by atoms with Gasteiger partial charge in [-0.2, -0.15) is 0 Å². The first-order valence-electron chi connectivity index (χ1n) is 7.21. The Bertz CT molecular complexity index is 863. The van der Waals surface area contributed by atoms with Crippen molar-refractivity contribution < 1.29 is 19.1 Å². The fraction of sp³-hybridized carbons (Fsp3) is 0.0526. The SMILES string of the molecule is CC(=O)Oc1cccc(/C=C2/C=C(c3ccc(Br)cc3)OC2=O)c1. The van der Waals surface area contributed by atoms with E-state index in [1.807, 2.05) is 30.3 Å². The van der Waals surface area contributed by atoms with Crippen LogP contribution in [-0.4, -0.2) is 11.9 Å². The predicted octanol–water partition coefficient (Wildman–Crippen LogP) is 4.36. The normalized spacial score (nSPS) is 15.2. The van der Waals surface area contributed by atoms with E-state index in [4.69, 9.17) is 9.47 Å². The molecule has 0 atom stereocenters. The second-order valence-corrected chi connectivity index (χ2v) is 6.09. The fourth-order valence-corrected chi connectivity index (χ4v) is 2.52. The van der Waals surface area contributed by atoms with Crippen molar-refractivity contribution >= 4 is 39.7 Å². The summed E-state index contributed by atoms with van der Waals surface area (Å²) < 4.78 is 11.3. The molecule has 0 aliphatic carbocycles. The standard InChI is InChI=1S/C19H13BrO4/c1-12(21)23-17-4-2-3-13(10-17)9-15-11-18(24-19(15)22)14-5-7-16(20)8-6-14/h2-11H,1H3/b15-9-. The minimum absolute atomic E-state index is 0.391. The number of carbonyl (C=O) groups excluding carboxylic acids is 2. The summed E-state index contributed by atoms with van der Waals surface area (Å²) in [5.74, 6) is 0.138. The summed E-state index contributed by atoms with van der Waals surface area (Å²) in [4.78, 5) is 23.1. The summed E-state index contributed by atoms with van der Waals surface area (Å²) in [6.07, 6.45) is 3.39. The lowest BCUT2D eigenvalue weighted by molar-refractivity contribution is -0.132. The van der Waals surface area contributed by atoms with E-state index in [0.29, 0.717) is 17.1 Å². The molecule has 2 aromatic carbocycles. The van der Waals surface area contributed by atoms with Gasteiger partial charge in [0.15, 0.2) is 0 Å². The lowest BCUT2D eigenvalue weighted by Gasteiger charge is -2.02. The molecule has 1 heterocycles. The molecule has 3 rings (SSSR count). The minimum atomic E-state index is -0.411. The molecule has 0 aromatic heterocycles. The molecule has 2 aromatic rings. The smallest absolute Gasteiger partial charge is 0.343 e. The molecule has 0 radical (unpaired) electrons. The monoisotopic (exact) mass is 384 g/mol. The maximum absolute atomic E-state index is 12.1. The summed E-state index contributed by atoms with van der Waals surface area (Å²) in [6.45, 7) is 1.34. The Hall–Kier alpha value is -2.66. The van der Waals surface area contributed by atoms with Crippen molar-refractivity contribution in [3.05, 3.63) is 75.8 Å². The molecule has 1 aliphatic heterocycles. The van der Waals surface area contributed by atoms with Gasteiger partial charge in [-0.25, -0.2) is 4.79 Å². The lowest BCUT2D eigenvalue weighted by Crippen LogP contribution is -2.01. The Kier molecular flexibility index (Phi) is 4.62. The first kappa shape index (κ1) is 16.2. The second kappa shape index (κ2) is 6.84. The van der Waals surface area contributed by atoms with E-state index in [2.05, 4.69) is 15.9 Å². The predicted molar refractivity (Wildman–Crippen MR) is 93.9 cm³/mol. The van der Waals surface area contributed by atoms with Crippen molar-refractivity contribution in [2.24, 2.45) is 0 Å². The number of ether oxygens (including phenoxy) is 2. The van der Waals surface area contributed by atoms with Crippen LogP contribution < -0.4 is 4.74 Å². The molecule has 0 bridgehead atoms. The third kappa shape index (κ3) is 3.81. The van der Waals surface area contributed by atoms with Gasteiger partial charge in [-0.15, -0.1) is 0 Å². The largest absolute Gasteiger partial charge is 0.427 e. The molecule has 0 amide bonds. The topological polar surface area (TPSA) is 52.6 Å². The number of carbonyl (C=O) groups is 2. The van der Waals surface area contributed by atoms with Crippen LogP contribution in [-0.2, 0) is 14.3 Å². The number of hydrogen-bond acceptors (Lipinski definition) is 4. The average Bonchev–Trinajstić information content (AvgIpc) is 2.89. The van der Waals surface area contributed by atoms with E-state index in [9.17, 15) is 9.59 Å². The first-order chi connectivity index (χ1) is 11.5. The molecule has 1 aliphatic rings. The van der Waals surface area contributed by atoms with Gasteiger partial charge < -0.3 is 9.47 Å². The minimum Gasteiger partial charge on any atom is -0.427 e. The molecule has 4 nitrogen and oxygen atoms in total. The Morgan fingerprint density at radius 2 is 1.92 bits per heavy atom. The third-order valence-corrected chi connectivity index (χ3v) is 3.82. The summed E-state index contributed by atoms with van der Waals surface area (Å²) in [5, 5.41) is 0. The van der Waals surface area contributed by atoms with E-state index in [-0.39, 0.29) is 0 Å². The molecule has 5 heteroatoms. The summed E-state index contributed by atoms with van der Waals surface area (Å²) >= 11 is 3.37. The van der Waals surface area contributed by atoms with E-state index in [1.54, 1.807) is 30.4 Å². The van der Waals surface area contributed by atoms with E-state index in [0.717, 1.165) is 15.6 Å². The number of benzene rings is 2. The Labute approximate surface area is 147 Å². The van der Waals surface area contributed by atoms with Crippen LogP contribution in [0.4, 0.5) is 0 Å². The highest BCUT2D eigenvalue weighted by molar-refractivity contribution is 9.10. The van der Waals surface area contributed by atoms with Gasteiger partial charge in [0, 0.05) is 17.0 Å². The van der Waals surface area contributed by atoms with E-state index >= 15 is 0 Å². The van der Waals surface area contributed by atoms with Crippen molar-refractivity contribution in [1.82, 2.24) is 0 Å². The highest BCUT2D eigenvalue weighted by Crippen LogP contribution is 2.28. The summed E-state index contributed by atoms with van der Waals surface area (Å²) in [6, 6.07) is 14.4. The second-order valence-electron chi connectivity index (χ2n) is 5.17. The Balaban J connectivity index is 1.88. The Morgan fingerprint density at radius 3 is 2.62 bits per heavy atom. The Morgan fingerprint density at radius 1 is 1.17 bits per heavy atom. The maximum atomic E-state index is 12.1. The van der Waals surface area contributed by atoms with Gasteiger partial charge in [0.2, 0.25) is 0 Å². The highest BCUT2D eigenvalue weighted by atomic mass is 79.9. The van der Waals surface area contributed by atoms with Crippen LogP contribution in [0.5, 0.6) is 5.75 Å². The van der Waals surface area contributed by atoms with Gasteiger partial charge in [0.25, 0.3) is 0 Å². The van der Waals surface area contributed by atoms with Crippen LogP contribution in [0.3, 0.4) is 0 Å². The zero-order chi connectivity index (χ0) is 17.1. The van der Waals surface area contributed by atoms with Crippen LogP contribution in [0.2, 0.25) is 0 Å². The molecule has 0 saturated carbocycles. The van der Waals surface area contributed by atoms with Gasteiger partial charge in [-0.3, -0.25) is 4.79 Å². The van der Waals surface area contributed by atoms with Gasteiger partial charge in [0.05, 0.1) is 5.57 Å². The van der Waals surface area contributed by atoms with Crippen molar-refractivity contribution in [3.8, 4) is 5.75 Å². The first-order valence-corrected chi connectivity index (χ1v) is 8.00. The number of halogens is 1. The molecule has 120 valence electrons. The number of esters is 2. The van der Waals surface area contributed by atoms with Gasteiger partial charge in [-0.1, -0.05) is 40.2 Å². The van der Waals surface area contributed by atoms with Crippen LogP contribution >= 0.6 is 15.9 Å². The molecule has 0 unspecified atom stereocenters. The van der Waals surface area contributed by atoms with Gasteiger partial charge in [0.1, 0.15) is 11.5 Å². The third-order valence-electron chi connectivity index (χ3n) is 3.30. The van der Waals surface area contributed by atoms with Crippen LogP contribution in [0.15, 0.2) is 64.7 Å². The van der Waals surface area contributed by atoms with Crippen LogP contribution in [0.25, 0.3) is 11.8 Å². The molecular weight excluding hydrogens is 372 g/mol. The van der Waals surface area contributed by atoms with Crippen molar-refractivity contribution in [3.63, 3.8) is 0 Å². The molecule has 0 N–H and O–H groups in total. The van der Waals surface area contributed by atoms with Gasteiger partial charge >= 0.3 is 11.9 Å². The van der Waals surface area contributed by atoms with Crippen LogP contribution in [0, 0.1) is 0 Å². The van der Waals surface area contributed by atoms with Crippen molar-refractivity contribution in [2.75, 3.05) is 0 Å². The molecular formula is C19H13BrO4. The molecule has 24 heavy (non-hydrogen) atoms. The zero-order valence-electron chi connectivity index (χ0n) is 12.8. The maximum Gasteiger partial charge on any atom is 0.343 e. The quantitative estimate of drug-likeness (QED) is 0.448.